The van der Waals surface area contributed by atoms with E-state index in [9.17, 15) is 30.3 Å². The number of hydrogen-bond acceptors (Lipinski definition) is 8. The van der Waals surface area contributed by atoms with Gasteiger partial charge in [0.2, 0.25) is 5.91 Å². The van der Waals surface area contributed by atoms with Crippen LogP contribution in [0.2, 0.25) is 0 Å². The maximum Gasteiger partial charge on any atom is 0.220 e. The van der Waals surface area contributed by atoms with Crippen LogP contribution in [0.25, 0.3) is 0 Å². The molecule has 0 bridgehead atoms. The summed E-state index contributed by atoms with van der Waals surface area (Å²) < 4.78 is 11.3. The molecular formula is C70H133NO8. The van der Waals surface area contributed by atoms with Crippen LogP contribution in [0.5, 0.6) is 0 Å². The summed E-state index contributed by atoms with van der Waals surface area (Å²) in [6.07, 6.45) is 72.6. The highest BCUT2D eigenvalue weighted by Crippen LogP contribution is 2.23. The predicted octanol–water partition coefficient (Wildman–Crippen LogP) is 18.6. The number of amides is 1. The third-order valence-electron chi connectivity index (χ3n) is 16.7. The zero-order chi connectivity index (χ0) is 57.2. The second kappa shape index (κ2) is 59.6. The van der Waals surface area contributed by atoms with Crippen LogP contribution in [-0.4, -0.2) is 87.5 Å². The number of carbonyl (C=O) groups is 1. The Morgan fingerprint density at radius 3 is 1.06 bits per heavy atom. The Hall–Kier alpha value is -1.59. The number of carbonyl (C=O) groups excluding carboxylic acids is 1. The summed E-state index contributed by atoms with van der Waals surface area (Å²) in [5.74, 6) is -0.180. The molecule has 1 aliphatic rings. The lowest BCUT2D eigenvalue weighted by Crippen LogP contribution is -2.60. The first kappa shape index (κ1) is 75.4. The van der Waals surface area contributed by atoms with E-state index in [0.717, 1.165) is 38.5 Å². The topological polar surface area (TPSA) is 149 Å². The number of aliphatic hydroxyl groups is 5. The van der Waals surface area contributed by atoms with Crippen molar-refractivity contribution >= 4 is 5.91 Å². The summed E-state index contributed by atoms with van der Waals surface area (Å²) in [5.41, 5.74) is 0. The Bertz CT molecular complexity index is 1340. The third-order valence-corrected chi connectivity index (χ3v) is 16.7. The van der Waals surface area contributed by atoms with Gasteiger partial charge in [-0.3, -0.25) is 4.79 Å². The quantitative estimate of drug-likeness (QED) is 0.0261. The number of rotatable bonds is 61. The minimum absolute atomic E-state index is 0.180. The average molecular weight is 1120 g/mol. The van der Waals surface area contributed by atoms with E-state index in [-0.39, 0.29) is 12.5 Å². The van der Waals surface area contributed by atoms with Gasteiger partial charge in [-0.25, -0.2) is 0 Å². The Morgan fingerprint density at radius 2 is 0.722 bits per heavy atom. The molecule has 1 fully saturated rings. The van der Waals surface area contributed by atoms with E-state index in [1.165, 1.54) is 289 Å². The van der Waals surface area contributed by atoms with Crippen molar-refractivity contribution in [2.45, 2.75) is 391 Å². The number of allylic oxidation sites excluding steroid dienone is 5. The SMILES string of the molecule is CCCCCCCCCC/C=C\CCCCCCCCCCCCCCCCCCCCCC(=O)NC(COC1OC(CO)C(O)C(O)C1O)C(O)/C=C/CC/C=C/CCCCCCCCCCCCCCCCCCCCC. The zero-order valence-corrected chi connectivity index (χ0v) is 52.2. The lowest BCUT2D eigenvalue weighted by Gasteiger charge is -2.40. The molecule has 9 heteroatoms. The molecule has 79 heavy (non-hydrogen) atoms. The smallest absolute Gasteiger partial charge is 0.220 e. The highest BCUT2D eigenvalue weighted by Gasteiger charge is 2.44. The molecule has 0 aromatic rings. The first-order valence-corrected chi connectivity index (χ1v) is 34.7. The number of ether oxygens (including phenoxy) is 2. The van der Waals surface area contributed by atoms with Gasteiger partial charge in [-0.05, 0) is 57.8 Å². The molecule has 1 rings (SSSR count). The summed E-state index contributed by atoms with van der Waals surface area (Å²) >= 11 is 0. The largest absolute Gasteiger partial charge is 0.394 e. The molecule has 0 aliphatic carbocycles. The van der Waals surface area contributed by atoms with Crippen molar-refractivity contribution in [1.82, 2.24) is 5.32 Å². The van der Waals surface area contributed by atoms with Crippen LogP contribution < -0.4 is 5.32 Å². The summed E-state index contributed by atoms with van der Waals surface area (Å²) in [5, 5.41) is 54.7. The molecule has 1 amide bonds. The summed E-state index contributed by atoms with van der Waals surface area (Å²) in [4.78, 5) is 13.1. The van der Waals surface area contributed by atoms with Gasteiger partial charge in [0.1, 0.15) is 24.4 Å². The molecule has 0 saturated carbocycles. The maximum absolute atomic E-state index is 13.1. The van der Waals surface area contributed by atoms with Gasteiger partial charge in [-0.15, -0.1) is 0 Å². The number of unbranched alkanes of at least 4 members (excludes halogenated alkanes) is 47. The summed E-state index contributed by atoms with van der Waals surface area (Å²) in [7, 11) is 0. The standard InChI is InChI=1S/C70H133NO8/c1-3-5-7-9-11-13-15-17-19-21-23-25-27-29-30-31-32-33-34-36-38-40-42-44-46-48-50-52-54-56-58-60-66(74)71-63(62-78-70-69(77)68(76)67(75)65(61-72)79-70)64(73)59-57-55-53-51-49-47-45-43-41-39-37-35-28-26-24-22-20-18-16-14-12-10-8-6-4-2/h21,23,49,51,57,59,63-65,67-70,72-73,75-77H,3-20,22,24-48,50,52-56,58,60-62H2,1-2H3,(H,71,74)/b23-21-,51-49+,59-57+. The molecule has 6 N–H and O–H groups in total. The average Bonchev–Trinajstić information content (AvgIpc) is 3.47. The molecule has 0 spiro atoms. The minimum Gasteiger partial charge on any atom is -0.394 e. The van der Waals surface area contributed by atoms with Gasteiger partial charge in [0, 0.05) is 6.42 Å². The van der Waals surface area contributed by atoms with Crippen LogP contribution in [0.1, 0.15) is 348 Å². The van der Waals surface area contributed by atoms with E-state index in [0.29, 0.717) is 6.42 Å². The monoisotopic (exact) mass is 1120 g/mol. The molecule has 7 atom stereocenters. The maximum atomic E-state index is 13.1. The van der Waals surface area contributed by atoms with Crippen LogP contribution in [0.3, 0.4) is 0 Å². The fourth-order valence-corrected chi connectivity index (χ4v) is 11.2. The van der Waals surface area contributed by atoms with E-state index in [1.54, 1.807) is 6.08 Å². The molecule has 1 saturated heterocycles. The second-order valence-corrected chi connectivity index (χ2v) is 24.3. The second-order valence-electron chi connectivity index (χ2n) is 24.3. The van der Waals surface area contributed by atoms with E-state index in [4.69, 9.17) is 9.47 Å². The van der Waals surface area contributed by atoms with Crippen molar-refractivity contribution in [3.8, 4) is 0 Å². The van der Waals surface area contributed by atoms with Crippen molar-refractivity contribution < 1.29 is 39.8 Å². The first-order chi connectivity index (χ1) is 38.8. The van der Waals surface area contributed by atoms with Crippen LogP contribution >= 0.6 is 0 Å². The first-order valence-electron chi connectivity index (χ1n) is 34.7. The molecule has 7 unspecified atom stereocenters. The molecule has 1 heterocycles. The van der Waals surface area contributed by atoms with Crippen molar-refractivity contribution in [3.05, 3.63) is 36.5 Å². The fraction of sp³-hybridized carbons (Fsp3) is 0.900. The highest BCUT2D eigenvalue weighted by atomic mass is 16.7. The van der Waals surface area contributed by atoms with Gasteiger partial charge in [0.05, 0.1) is 25.4 Å². The molecule has 9 nitrogen and oxygen atoms in total. The van der Waals surface area contributed by atoms with E-state index < -0.39 is 49.5 Å². The van der Waals surface area contributed by atoms with Crippen LogP contribution in [0.4, 0.5) is 0 Å². The van der Waals surface area contributed by atoms with E-state index >= 15 is 0 Å². The van der Waals surface area contributed by atoms with Gasteiger partial charge >= 0.3 is 0 Å². The van der Waals surface area contributed by atoms with Gasteiger partial charge < -0.3 is 40.3 Å². The zero-order valence-electron chi connectivity index (χ0n) is 52.2. The normalized spacial score (nSPS) is 18.7. The minimum atomic E-state index is -1.57. The Labute approximate surface area is 489 Å². The van der Waals surface area contributed by atoms with E-state index in [2.05, 4.69) is 43.5 Å². The lowest BCUT2D eigenvalue weighted by molar-refractivity contribution is -0.302. The van der Waals surface area contributed by atoms with Crippen molar-refractivity contribution in [3.63, 3.8) is 0 Å². The Balaban J connectivity index is 2.14. The number of nitrogens with one attached hydrogen (secondary N) is 1. The highest BCUT2D eigenvalue weighted by molar-refractivity contribution is 5.76. The molecule has 0 radical (unpaired) electrons. The van der Waals surface area contributed by atoms with Crippen molar-refractivity contribution in [1.29, 1.82) is 0 Å². The van der Waals surface area contributed by atoms with Crippen molar-refractivity contribution in [2.24, 2.45) is 0 Å². The Morgan fingerprint density at radius 1 is 0.418 bits per heavy atom. The summed E-state index contributed by atoms with van der Waals surface area (Å²) in [6, 6.07) is -0.821. The van der Waals surface area contributed by atoms with Crippen LogP contribution in [0, 0.1) is 0 Å². The summed E-state index contributed by atoms with van der Waals surface area (Å²) in [6.45, 7) is 3.81. The van der Waals surface area contributed by atoms with Gasteiger partial charge in [0.15, 0.2) is 6.29 Å². The van der Waals surface area contributed by atoms with Gasteiger partial charge in [0.25, 0.3) is 0 Å². The molecule has 1 aliphatic heterocycles. The molecule has 0 aromatic heterocycles. The predicted molar refractivity (Wildman–Crippen MR) is 337 cm³/mol. The van der Waals surface area contributed by atoms with Crippen molar-refractivity contribution in [2.75, 3.05) is 13.2 Å². The van der Waals surface area contributed by atoms with Gasteiger partial charge in [-0.1, -0.05) is 320 Å². The van der Waals surface area contributed by atoms with E-state index in [1.807, 2.05) is 6.08 Å². The Kier molecular flexibility index (Phi) is 56.9. The molecule has 466 valence electrons. The fourth-order valence-electron chi connectivity index (χ4n) is 11.2. The van der Waals surface area contributed by atoms with Crippen LogP contribution in [0.15, 0.2) is 36.5 Å². The third kappa shape index (κ3) is 48.5. The number of aliphatic hydroxyl groups excluding tert-OH is 5. The molecular weight excluding hydrogens is 983 g/mol. The molecule has 0 aromatic carbocycles. The van der Waals surface area contributed by atoms with Gasteiger partial charge in [-0.2, -0.15) is 0 Å². The number of hydrogen-bond donors (Lipinski definition) is 6. The lowest BCUT2D eigenvalue weighted by atomic mass is 9.99. The van der Waals surface area contributed by atoms with Crippen LogP contribution in [-0.2, 0) is 14.3 Å².